The number of hydrogen-bond acceptors (Lipinski definition) is 5. The van der Waals surface area contributed by atoms with Crippen molar-refractivity contribution in [2.75, 3.05) is 13.4 Å². The third kappa shape index (κ3) is 2.08. The fourth-order valence-corrected chi connectivity index (χ4v) is 2.69. The first kappa shape index (κ1) is 13.1. The van der Waals surface area contributed by atoms with E-state index in [9.17, 15) is 0 Å². The van der Waals surface area contributed by atoms with Crippen LogP contribution in [0.5, 0.6) is 11.5 Å². The smallest absolute Gasteiger partial charge is 0.231 e. The molecule has 0 fully saturated rings. The Morgan fingerprint density at radius 1 is 1.23 bits per heavy atom. The quantitative estimate of drug-likeness (QED) is 0.799. The maximum atomic E-state index is 9.16. The van der Waals surface area contributed by atoms with Crippen LogP contribution in [-0.2, 0) is 6.54 Å². The highest BCUT2D eigenvalue weighted by Crippen LogP contribution is 2.37. The van der Waals surface area contributed by atoms with Crippen molar-refractivity contribution in [2.45, 2.75) is 13.0 Å². The van der Waals surface area contributed by atoms with Crippen LogP contribution in [0.4, 0.5) is 0 Å². The van der Waals surface area contributed by atoms with Crippen molar-refractivity contribution >= 4 is 11.0 Å². The van der Waals surface area contributed by atoms with E-state index in [4.69, 9.17) is 19.6 Å². The summed E-state index contributed by atoms with van der Waals surface area (Å²) < 4.78 is 13.0. The number of rotatable bonds is 4. The number of aromatic nitrogens is 3. The summed E-state index contributed by atoms with van der Waals surface area (Å²) in [6.45, 7) is 1.06. The number of pyridine rings is 1. The van der Waals surface area contributed by atoms with E-state index in [0.717, 1.165) is 33.9 Å². The maximum absolute atomic E-state index is 9.16. The summed E-state index contributed by atoms with van der Waals surface area (Å²) in [6.07, 6.45) is 4.19. The number of aliphatic hydroxyl groups excluding tert-OH is 1. The number of imidazole rings is 1. The minimum Gasteiger partial charge on any atom is -0.454 e. The highest BCUT2D eigenvalue weighted by atomic mass is 16.7. The molecular weight excluding hydrogens is 282 g/mol. The Kier molecular flexibility index (Phi) is 3.16. The Morgan fingerprint density at radius 2 is 2.09 bits per heavy atom. The highest BCUT2D eigenvalue weighted by Gasteiger charge is 2.19. The average Bonchev–Trinajstić information content (AvgIpc) is 3.15. The standard InChI is InChI=1S/C16H15N3O3/c20-6-2-5-19-13-8-15-14(21-10-22-15)7-12(13)18-16(19)11-3-1-4-17-9-11/h1,3-4,7-9,20H,2,5-6,10H2. The van der Waals surface area contributed by atoms with Crippen LogP contribution in [0.25, 0.3) is 22.4 Å². The van der Waals surface area contributed by atoms with E-state index in [2.05, 4.69) is 9.55 Å². The molecule has 0 radical (unpaired) electrons. The van der Waals surface area contributed by atoms with Gasteiger partial charge in [-0.3, -0.25) is 4.98 Å². The Morgan fingerprint density at radius 3 is 2.86 bits per heavy atom. The highest BCUT2D eigenvalue weighted by molar-refractivity contribution is 5.84. The van der Waals surface area contributed by atoms with E-state index >= 15 is 0 Å². The van der Waals surface area contributed by atoms with Crippen LogP contribution >= 0.6 is 0 Å². The molecule has 1 aromatic carbocycles. The molecule has 0 saturated heterocycles. The lowest BCUT2D eigenvalue weighted by Crippen LogP contribution is -2.02. The van der Waals surface area contributed by atoms with Crippen LogP contribution < -0.4 is 9.47 Å². The van der Waals surface area contributed by atoms with Gasteiger partial charge in [-0.25, -0.2) is 4.98 Å². The Labute approximate surface area is 127 Å². The van der Waals surface area contributed by atoms with Crippen molar-refractivity contribution in [3.8, 4) is 22.9 Å². The summed E-state index contributed by atoms with van der Waals surface area (Å²) >= 11 is 0. The van der Waals surface area contributed by atoms with E-state index < -0.39 is 0 Å². The van der Waals surface area contributed by atoms with Crippen molar-refractivity contribution in [3.63, 3.8) is 0 Å². The van der Waals surface area contributed by atoms with Crippen molar-refractivity contribution in [1.82, 2.24) is 14.5 Å². The molecule has 3 aromatic rings. The van der Waals surface area contributed by atoms with E-state index in [1.807, 2.05) is 24.3 Å². The molecule has 0 atom stereocenters. The molecule has 112 valence electrons. The van der Waals surface area contributed by atoms with E-state index in [1.165, 1.54) is 0 Å². The van der Waals surface area contributed by atoms with Gasteiger partial charge in [-0.15, -0.1) is 0 Å². The second-order valence-corrected chi connectivity index (χ2v) is 5.10. The van der Waals surface area contributed by atoms with Gasteiger partial charge in [0.2, 0.25) is 6.79 Å². The van der Waals surface area contributed by atoms with Crippen LogP contribution in [0.3, 0.4) is 0 Å². The zero-order valence-corrected chi connectivity index (χ0v) is 11.9. The number of aryl methyl sites for hydroxylation is 1. The topological polar surface area (TPSA) is 69.4 Å². The molecule has 3 heterocycles. The second kappa shape index (κ2) is 5.31. The molecule has 6 heteroatoms. The third-order valence-corrected chi connectivity index (χ3v) is 3.70. The first-order valence-electron chi connectivity index (χ1n) is 7.18. The first-order valence-corrected chi connectivity index (χ1v) is 7.18. The summed E-state index contributed by atoms with van der Waals surface area (Å²) in [6, 6.07) is 7.70. The van der Waals surface area contributed by atoms with Crippen molar-refractivity contribution in [2.24, 2.45) is 0 Å². The van der Waals surface area contributed by atoms with Crippen LogP contribution in [0.2, 0.25) is 0 Å². The van der Waals surface area contributed by atoms with Gasteiger partial charge in [-0.05, 0) is 18.6 Å². The van der Waals surface area contributed by atoms with Crippen molar-refractivity contribution in [1.29, 1.82) is 0 Å². The van der Waals surface area contributed by atoms with Gasteiger partial charge in [0, 0.05) is 43.2 Å². The fourth-order valence-electron chi connectivity index (χ4n) is 2.69. The van der Waals surface area contributed by atoms with Crippen LogP contribution in [0.15, 0.2) is 36.7 Å². The SMILES string of the molecule is OCCCn1c(-c2cccnc2)nc2cc3c(cc21)OCO3. The lowest BCUT2D eigenvalue weighted by atomic mass is 10.2. The molecule has 0 bridgehead atoms. The first-order chi connectivity index (χ1) is 10.9. The Bertz CT molecular complexity index is 814. The Balaban J connectivity index is 1.91. The molecule has 22 heavy (non-hydrogen) atoms. The van der Waals surface area contributed by atoms with Gasteiger partial charge in [-0.1, -0.05) is 0 Å². The second-order valence-electron chi connectivity index (χ2n) is 5.10. The molecule has 2 aromatic heterocycles. The summed E-state index contributed by atoms with van der Waals surface area (Å²) in [7, 11) is 0. The summed E-state index contributed by atoms with van der Waals surface area (Å²) in [5, 5.41) is 9.16. The minimum absolute atomic E-state index is 0.136. The van der Waals surface area contributed by atoms with Crippen LogP contribution in [0.1, 0.15) is 6.42 Å². The molecule has 0 spiro atoms. The lowest BCUT2D eigenvalue weighted by molar-refractivity contribution is 0.174. The van der Waals surface area contributed by atoms with Gasteiger partial charge in [0.25, 0.3) is 0 Å². The summed E-state index contributed by atoms with van der Waals surface area (Å²) in [5.74, 6) is 2.28. The largest absolute Gasteiger partial charge is 0.454 e. The zero-order valence-electron chi connectivity index (χ0n) is 11.9. The molecule has 0 saturated carbocycles. The number of aliphatic hydroxyl groups is 1. The molecule has 0 unspecified atom stereocenters. The lowest BCUT2D eigenvalue weighted by Gasteiger charge is -2.08. The number of ether oxygens (including phenoxy) is 2. The predicted molar refractivity (Wildman–Crippen MR) is 80.8 cm³/mol. The number of hydrogen-bond donors (Lipinski definition) is 1. The van der Waals surface area contributed by atoms with E-state index in [1.54, 1.807) is 12.4 Å². The number of fused-ring (bicyclic) bond motifs is 2. The fraction of sp³-hybridized carbons (Fsp3) is 0.250. The van der Waals surface area contributed by atoms with E-state index in [-0.39, 0.29) is 13.4 Å². The molecule has 6 nitrogen and oxygen atoms in total. The summed E-state index contributed by atoms with van der Waals surface area (Å²) in [5.41, 5.74) is 2.76. The third-order valence-electron chi connectivity index (χ3n) is 3.70. The van der Waals surface area contributed by atoms with Gasteiger partial charge >= 0.3 is 0 Å². The molecule has 4 rings (SSSR count). The van der Waals surface area contributed by atoms with Crippen LogP contribution in [-0.4, -0.2) is 33.0 Å². The van der Waals surface area contributed by atoms with Gasteiger partial charge in [-0.2, -0.15) is 0 Å². The van der Waals surface area contributed by atoms with Gasteiger partial charge in [0.1, 0.15) is 5.82 Å². The zero-order chi connectivity index (χ0) is 14.9. The van der Waals surface area contributed by atoms with Gasteiger partial charge < -0.3 is 19.1 Å². The molecule has 0 aliphatic carbocycles. The molecule has 1 aliphatic rings. The maximum Gasteiger partial charge on any atom is 0.231 e. The monoisotopic (exact) mass is 297 g/mol. The predicted octanol–water partition coefficient (Wildman–Crippen LogP) is 2.21. The van der Waals surface area contributed by atoms with Gasteiger partial charge in [0.05, 0.1) is 11.0 Å². The van der Waals surface area contributed by atoms with Crippen molar-refractivity contribution < 1.29 is 14.6 Å². The van der Waals surface area contributed by atoms with E-state index in [0.29, 0.717) is 13.0 Å². The molecule has 1 aliphatic heterocycles. The minimum atomic E-state index is 0.136. The van der Waals surface area contributed by atoms with Crippen molar-refractivity contribution in [3.05, 3.63) is 36.7 Å². The molecule has 0 amide bonds. The molecular formula is C16H15N3O3. The summed E-state index contributed by atoms with van der Waals surface area (Å²) in [4.78, 5) is 8.88. The van der Waals surface area contributed by atoms with Gasteiger partial charge in [0.15, 0.2) is 11.5 Å². The number of nitrogens with zero attached hydrogens (tertiary/aromatic N) is 3. The Hall–Kier alpha value is -2.60. The number of benzene rings is 1. The normalized spacial score (nSPS) is 13.0. The average molecular weight is 297 g/mol. The molecule has 1 N–H and O–H groups in total. The van der Waals surface area contributed by atoms with Crippen LogP contribution in [0, 0.1) is 0 Å².